The molecule has 28 heavy (non-hydrogen) atoms. The molecule has 3 rings (SSSR count). The zero-order valence-electron chi connectivity index (χ0n) is 16.0. The van der Waals surface area contributed by atoms with Gasteiger partial charge < -0.3 is 15.0 Å². The Morgan fingerprint density at radius 3 is 2.61 bits per heavy atom. The van der Waals surface area contributed by atoms with E-state index in [1.807, 2.05) is 41.3 Å². The first-order valence-electron chi connectivity index (χ1n) is 9.61. The third kappa shape index (κ3) is 5.35. The number of nitrogens with one attached hydrogen (secondary N) is 1. The summed E-state index contributed by atoms with van der Waals surface area (Å²) in [4.78, 5) is 26.7. The minimum Gasteiger partial charge on any atom is -0.483 e. The van der Waals surface area contributed by atoms with E-state index in [-0.39, 0.29) is 24.5 Å². The molecule has 0 saturated carbocycles. The van der Waals surface area contributed by atoms with Gasteiger partial charge in [0.25, 0.3) is 11.8 Å². The Kier molecular flexibility index (Phi) is 7.09. The lowest BCUT2D eigenvalue weighted by atomic mass is 10.0. The number of amides is 2. The normalized spacial score (nSPS) is 14.6. The summed E-state index contributed by atoms with van der Waals surface area (Å²) in [5, 5.41) is 3.07. The number of rotatable bonds is 6. The molecule has 5 nitrogen and oxygen atoms in total. The van der Waals surface area contributed by atoms with E-state index in [4.69, 9.17) is 4.74 Å². The number of hydrogen-bond donors (Lipinski definition) is 1. The molecule has 2 aromatic rings. The summed E-state index contributed by atoms with van der Waals surface area (Å²) in [6.07, 6.45) is 2.36. The van der Waals surface area contributed by atoms with Crippen molar-refractivity contribution in [3.8, 4) is 5.75 Å². The Morgan fingerprint density at radius 2 is 1.89 bits per heavy atom. The summed E-state index contributed by atoms with van der Waals surface area (Å²) in [6, 6.07) is 15.2. The summed E-state index contributed by atoms with van der Waals surface area (Å²) in [6.45, 7) is 3.37. The Hall–Kier alpha value is -2.34. The van der Waals surface area contributed by atoms with Gasteiger partial charge in [0.05, 0.1) is 0 Å². The van der Waals surface area contributed by atoms with Gasteiger partial charge in [-0.15, -0.1) is 0 Å². The maximum Gasteiger partial charge on any atom is 0.260 e. The van der Waals surface area contributed by atoms with Crippen molar-refractivity contribution >= 4 is 27.7 Å². The van der Waals surface area contributed by atoms with Gasteiger partial charge in [0, 0.05) is 29.2 Å². The van der Waals surface area contributed by atoms with Crippen molar-refractivity contribution in [2.24, 2.45) is 0 Å². The highest BCUT2D eigenvalue weighted by molar-refractivity contribution is 9.10. The molecular weight excluding hydrogens is 420 g/mol. The summed E-state index contributed by atoms with van der Waals surface area (Å²) in [5.74, 6) is 0.683. The quantitative estimate of drug-likeness (QED) is 0.736. The zero-order valence-corrected chi connectivity index (χ0v) is 17.6. The van der Waals surface area contributed by atoms with E-state index in [9.17, 15) is 9.59 Å². The summed E-state index contributed by atoms with van der Waals surface area (Å²) < 4.78 is 6.62. The fourth-order valence-electron chi connectivity index (χ4n) is 3.34. The molecule has 0 aliphatic carbocycles. The molecule has 2 aromatic carbocycles. The van der Waals surface area contributed by atoms with E-state index in [1.165, 1.54) is 0 Å². The number of halogens is 1. The van der Waals surface area contributed by atoms with Crippen LogP contribution in [0.3, 0.4) is 0 Å². The molecule has 0 radical (unpaired) electrons. The Bertz CT molecular complexity index is 832. The van der Waals surface area contributed by atoms with Crippen LogP contribution >= 0.6 is 15.9 Å². The largest absolute Gasteiger partial charge is 0.483 e. The SMILES string of the molecule is CCc1ccccc1OCC(=O)N1CCC(NC(=O)c2cccc(Br)c2)CC1. The third-order valence-electron chi connectivity index (χ3n) is 4.97. The first kappa shape index (κ1) is 20.4. The van der Waals surface area contributed by atoms with Crippen LogP contribution in [0.1, 0.15) is 35.7 Å². The predicted octanol–water partition coefficient (Wildman–Crippen LogP) is 3.81. The fourth-order valence-corrected chi connectivity index (χ4v) is 3.74. The van der Waals surface area contributed by atoms with Crippen LogP contribution in [-0.4, -0.2) is 42.5 Å². The summed E-state index contributed by atoms with van der Waals surface area (Å²) in [7, 11) is 0. The lowest BCUT2D eigenvalue weighted by molar-refractivity contribution is -0.134. The molecular formula is C22H25BrN2O3. The molecule has 1 N–H and O–H groups in total. The molecule has 1 aliphatic rings. The Balaban J connectivity index is 1.45. The summed E-state index contributed by atoms with van der Waals surface area (Å²) >= 11 is 3.38. The van der Waals surface area contributed by atoms with Gasteiger partial charge in [-0.2, -0.15) is 0 Å². The number of benzene rings is 2. The minimum absolute atomic E-state index is 0.0114. The predicted molar refractivity (Wildman–Crippen MR) is 113 cm³/mol. The van der Waals surface area contributed by atoms with E-state index in [2.05, 4.69) is 28.2 Å². The van der Waals surface area contributed by atoms with Crippen molar-refractivity contribution < 1.29 is 14.3 Å². The molecule has 6 heteroatoms. The van der Waals surface area contributed by atoms with Crippen molar-refractivity contribution in [2.45, 2.75) is 32.2 Å². The van der Waals surface area contributed by atoms with Crippen molar-refractivity contribution in [1.29, 1.82) is 0 Å². The number of carbonyl (C=O) groups is 2. The smallest absolute Gasteiger partial charge is 0.260 e. The molecule has 0 bridgehead atoms. The molecule has 1 saturated heterocycles. The number of carbonyl (C=O) groups excluding carboxylic acids is 2. The van der Waals surface area contributed by atoms with Crippen LogP contribution in [0, 0.1) is 0 Å². The van der Waals surface area contributed by atoms with Gasteiger partial charge in [-0.25, -0.2) is 0 Å². The molecule has 1 aliphatic heterocycles. The number of para-hydroxylation sites is 1. The van der Waals surface area contributed by atoms with Gasteiger partial charge in [-0.05, 0) is 49.1 Å². The highest BCUT2D eigenvalue weighted by atomic mass is 79.9. The van der Waals surface area contributed by atoms with E-state index < -0.39 is 0 Å². The number of hydrogen-bond acceptors (Lipinski definition) is 3. The number of ether oxygens (including phenoxy) is 1. The first-order chi connectivity index (χ1) is 13.6. The second kappa shape index (κ2) is 9.73. The number of likely N-dealkylation sites (tertiary alicyclic amines) is 1. The average Bonchev–Trinajstić information content (AvgIpc) is 2.72. The molecule has 2 amide bonds. The number of nitrogens with zero attached hydrogens (tertiary/aromatic N) is 1. The van der Waals surface area contributed by atoms with Crippen LogP contribution in [0.5, 0.6) is 5.75 Å². The monoisotopic (exact) mass is 444 g/mol. The molecule has 1 heterocycles. The molecule has 1 fully saturated rings. The highest BCUT2D eigenvalue weighted by Crippen LogP contribution is 2.19. The van der Waals surface area contributed by atoms with E-state index in [0.29, 0.717) is 18.7 Å². The van der Waals surface area contributed by atoms with E-state index in [1.54, 1.807) is 12.1 Å². The van der Waals surface area contributed by atoms with Gasteiger partial charge >= 0.3 is 0 Å². The molecule has 148 valence electrons. The van der Waals surface area contributed by atoms with Gasteiger partial charge in [0.1, 0.15) is 5.75 Å². The second-order valence-corrected chi connectivity index (χ2v) is 7.80. The Labute approximate surface area is 174 Å². The van der Waals surface area contributed by atoms with E-state index >= 15 is 0 Å². The van der Waals surface area contributed by atoms with Crippen LogP contribution in [0.25, 0.3) is 0 Å². The first-order valence-corrected chi connectivity index (χ1v) is 10.4. The second-order valence-electron chi connectivity index (χ2n) is 6.89. The topological polar surface area (TPSA) is 58.6 Å². The minimum atomic E-state index is -0.0782. The molecule has 0 spiro atoms. The summed E-state index contributed by atoms with van der Waals surface area (Å²) in [5.41, 5.74) is 1.74. The van der Waals surface area contributed by atoms with E-state index in [0.717, 1.165) is 35.0 Å². The zero-order chi connectivity index (χ0) is 19.9. The van der Waals surface area contributed by atoms with Crippen molar-refractivity contribution in [3.05, 3.63) is 64.1 Å². The van der Waals surface area contributed by atoms with Gasteiger partial charge in [-0.1, -0.05) is 47.1 Å². The maximum atomic E-state index is 12.5. The highest BCUT2D eigenvalue weighted by Gasteiger charge is 2.24. The maximum absolute atomic E-state index is 12.5. The van der Waals surface area contributed by atoms with Crippen molar-refractivity contribution in [2.75, 3.05) is 19.7 Å². The molecule has 0 atom stereocenters. The van der Waals surface area contributed by atoms with Crippen molar-refractivity contribution in [1.82, 2.24) is 10.2 Å². The lowest BCUT2D eigenvalue weighted by Gasteiger charge is -2.32. The van der Waals surface area contributed by atoms with Gasteiger partial charge in [0.2, 0.25) is 0 Å². The fraction of sp³-hybridized carbons (Fsp3) is 0.364. The van der Waals surface area contributed by atoms with Crippen LogP contribution in [0.4, 0.5) is 0 Å². The number of piperidine rings is 1. The average molecular weight is 445 g/mol. The molecule has 0 aromatic heterocycles. The number of aryl methyl sites for hydroxylation is 1. The van der Waals surface area contributed by atoms with Gasteiger partial charge in [-0.3, -0.25) is 9.59 Å². The van der Waals surface area contributed by atoms with Crippen LogP contribution in [0.2, 0.25) is 0 Å². The standard InChI is InChI=1S/C22H25BrN2O3/c1-2-16-6-3-4-9-20(16)28-15-21(26)25-12-10-19(11-13-25)24-22(27)17-7-5-8-18(23)14-17/h3-9,14,19H,2,10-13,15H2,1H3,(H,24,27). The van der Waals surface area contributed by atoms with Crippen LogP contribution < -0.4 is 10.1 Å². The lowest BCUT2D eigenvalue weighted by Crippen LogP contribution is -2.47. The Morgan fingerprint density at radius 1 is 1.14 bits per heavy atom. The van der Waals surface area contributed by atoms with Crippen molar-refractivity contribution in [3.63, 3.8) is 0 Å². The molecule has 0 unspecified atom stereocenters. The van der Waals surface area contributed by atoms with Crippen LogP contribution in [-0.2, 0) is 11.2 Å². The van der Waals surface area contributed by atoms with Crippen LogP contribution in [0.15, 0.2) is 53.0 Å². The third-order valence-corrected chi connectivity index (χ3v) is 5.47. The van der Waals surface area contributed by atoms with Gasteiger partial charge in [0.15, 0.2) is 6.61 Å².